The molecule has 2 heteroatoms. The molecule has 1 heterocycles. The average Bonchev–Trinajstić information content (AvgIpc) is 2.48. The summed E-state index contributed by atoms with van der Waals surface area (Å²) in [6, 6.07) is 6.08. The van der Waals surface area contributed by atoms with Gasteiger partial charge in [-0.05, 0) is 25.0 Å². The van der Waals surface area contributed by atoms with Crippen molar-refractivity contribution in [1.29, 1.82) is 0 Å². The third kappa shape index (κ3) is 1.31. The quantitative estimate of drug-likeness (QED) is 0.705. The standard InChI is InChI=1S/C12H14N2/c1-4-6-11-13-12-9(2)7-5-8-10(12)14(11)3/h3,5,7-8H,4,6H2,1-2H3. The Morgan fingerprint density at radius 3 is 2.86 bits per heavy atom. The van der Waals surface area contributed by atoms with Gasteiger partial charge in [0, 0.05) is 6.42 Å². The summed E-state index contributed by atoms with van der Waals surface area (Å²) in [4.78, 5) is 4.54. The van der Waals surface area contributed by atoms with Crippen molar-refractivity contribution in [3.8, 4) is 0 Å². The second-order valence-electron chi connectivity index (χ2n) is 3.59. The van der Waals surface area contributed by atoms with Crippen molar-refractivity contribution >= 4 is 11.0 Å². The van der Waals surface area contributed by atoms with Gasteiger partial charge in [-0.1, -0.05) is 19.1 Å². The van der Waals surface area contributed by atoms with Crippen molar-refractivity contribution < 1.29 is 0 Å². The molecule has 2 aromatic rings. The molecule has 1 aromatic carbocycles. The summed E-state index contributed by atoms with van der Waals surface area (Å²) < 4.78 is 1.70. The fraction of sp³-hybridized carbons (Fsp3) is 0.333. The Balaban J connectivity index is 2.67. The van der Waals surface area contributed by atoms with Crippen molar-refractivity contribution in [2.45, 2.75) is 26.7 Å². The molecular weight excluding hydrogens is 172 g/mol. The Labute approximate surface area is 84.6 Å². The van der Waals surface area contributed by atoms with Gasteiger partial charge in [0.15, 0.2) is 0 Å². The molecule has 2 rings (SSSR count). The minimum Gasteiger partial charge on any atom is -0.320 e. The molecule has 0 aliphatic rings. The molecule has 0 atom stereocenters. The largest absolute Gasteiger partial charge is 0.320 e. The van der Waals surface area contributed by atoms with E-state index in [1.807, 2.05) is 12.1 Å². The molecule has 1 aromatic heterocycles. The van der Waals surface area contributed by atoms with Gasteiger partial charge in [0.25, 0.3) is 0 Å². The molecule has 0 bridgehead atoms. The van der Waals surface area contributed by atoms with Crippen LogP contribution in [0.15, 0.2) is 18.2 Å². The second-order valence-corrected chi connectivity index (χ2v) is 3.59. The highest BCUT2D eigenvalue weighted by Crippen LogP contribution is 2.19. The van der Waals surface area contributed by atoms with E-state index in [-0.39, 0.29) is 0 Å². The third-order valence-corrected chi connectivity index (χ3v) is 2.47. The number of rotatable bonds is 2. The van der Waals surface area contributed by atoms with Crippen molar-refractivity contribution in [3.63, 3.8) is 0 Å². The second kappa shape index (κ2) is 3.45. The number of hydrogen-bond donors (Lipinski definition) is 0. The van der Waals surface area contributed by atoms with Gasteiger partial charge in [0.2, 0.25) is 0 Å². The zero-order chi connectivity index (χ0) is 10.1. The number of imidazole rings is 1. The number of fused-ring (bicyclic) bond motifs is 1. The molecule has 0 N–H and O–H groups in total. The van der Waals surface area contributed by atoms with Crippen molar-refractivity contribution in [3.05, 3.63) is 36.6 Å². The highest BCUT2D eigenvalue weighted by Gasteiger charge is 2.07. The van der Waals surface area contributed by atoms with Gasteiger partial charge >= 0.3 is 0 Å². The van der Waals surface area contributed by atoms with Crippen LogP contribution in [0, 0.1) is 14.0 Å². The highest BCUT2D eigenvalue weighted by atomic mass is 15.1. The highest BCUT2D eigenvalue weighted by molar-refractivity contribution is 5.79. The van der Waals surface area contributed by atoms with Crippen LogP contribution < -0.4 is 0 Å². The molecule has 0 aliphatic carbocycles. The summed E-state index contributed by atoms with van der Waals surface area (Å²) in [7, 11) is 5.95. The lowest BCUT2D eigenvalue weighted by atomic mass is 10.2. The lowest BCUT2D eigenvalue weighted by molar-refractivity contribution is 0.817. The van der Waals surface area contributed by atoms with Gasteiger partial charge in [-0.15, -0.1) is 0 Å². The van der Waals surface area contributed by atoms with Crippen LogP contribution in [0.25, 0.3) is 11.0 Å². The maximum Gasteiger partial charge on any atom is 0.110 e. The Bertz CT molecular complexity index is 455. The van der Waals surface area contributed by atoms with Crippen LogP contribution in [0.1, 0.15) is 24.7 Å². The van der Waals surface area contributed by atoms with Crippen LogP contribution in [0.2, 0.25) is 0 Å². The molecule has 0 aliphatic heterocycles. The molecular formula is C12H14N2. The van der Waals surface area contributed by atoms with E-state index in [1.165, 1.54) is 5.56 Å². The minimum atomic E-state index is 0.935. The maximum atomic E-state index is 5.95. The molecule has 72 valence electrons. The van der Waals surface area contributed by atoms with Crippen molar-refractivity contribution in [2.75, 3.05) is 0 Å². The monoisotopic (exact) mass is 186 g/mol. The number of hydrogen-bond acceptors (Lipinski definition) is 1. The molecule has 2 nitrogen and oxygen atoms in total. The van der Waals surface area contributed by atoms with E-state index in [0.29, 0.717) is 0 Å². The third-order valence-electron chi connectivity index (χ3n) is 2.47. The van der Waals surface area contributed by atoms with Crippen LogP contribution >= 0.6 is 0 Å². The normalized spacial score (nSPS) is 11.1. The Morgan fingerprint density at radius 2 is 2.21 bits per heavy atom. The first-order valence-electron chi connectivity index (χ1n) is 4.96. The summed E-state index contributed by atoms with van der Waals surface area (Å²) in [6.07, 6.45) is 2.00. The van der Waals surface area contributed by atoms with E-state index in [9.17, 15) is 0 Å². The summed E-state index contributed by atoms with van der Waals surface area (Å²) in [5.41, 5.74) is 3.23. The summed E-state index contributed by atoms with van der Waals surface area (Å²) in [6.45, 7) is 4.19. The summed E-state index contributed by atoms with van der Waals surface area (Å²) >= 11 is 0. The van der Waals surface area contributed by atoms with E-state index in [0.717, 1.165) is 29.7 Å². The molecule has 14 heavy (non-hydrogen) atoms. The first-order valence-corrected chi connectivity index (χ1v) is 4.96. The number of nitrogens with zero attached hydrogens (tertiary/aromatic N) is 2. The smallest absolute Gasteiger partial charge is 0.110 e. The molecule has 2 radical (unpaired) electrons. The minimum absolute atomic E-state index is 0.935. The predicted octanol–water partition coefficient (Wildman–Crippen LogP) is 2.81. The molecule has 0 unspecified atom stereocenters. The first kappa shape index (κ1) is 9.25. The van der Waals surface area contributed by atoms with Crippen LogP contribution in [-0.2, 0) is 6.42 Å². The van der Waals surface area contributed by atoms with Gasteiger partial charge in [0.05, 0.1) is 18.1 Å². The lowest BCUT2D eigenvalue weighted by Crippen LogP contribution is -1.94. The van der Waals surface area contributed by atoms with Crippen LogP contribution in [0.5, 0.6) is 0 Å². The number of aryl methyl sites for hydroxylation is 2. The van der Waals surface area contributed by atoms with Gasteiger partial charge in [-0.25, -0.2) is 4.98 Å². The summed E-state index contributed by atoms with van der Waals surface area (Å²) in [5, 5.41) is 0. The Hall–Kier alpha value is -1.31. The molecule has 0 spiro atoms. The predicted molar refractivity (Wildman–Crippen MR) is 58.2 cm³/mol. The Kier molecular flexibility index (Phi) is 2.28. The van der Waals surface area contributed by atoms with Gasteiger partial charge in [0.1, 0.15) is 5.82 Å². The van der Waals surface area contributed by atoms with Crippen molar-refractivity contribution in [1.82, 2.24) is 9.55 Å². The molecule has 0 saturated heterocycles. The van der Waals surface area contributed by atoms with E-state index in [4.69, 9.17) is 7.05 Å². The van der Waals surface area contributed by atoms with E-state index in [2.05, 4.69) is 24.9 Å². The fourth-order valence-electron chi connectivity index (χ4n) is 1.71. The zero-order valence-electron chi connectivity index (χ0n) is 8.62. The van der Waals surface area contributed by atoms with Crippen LogP contribution in [0.3, 0.4) is 0 Å². The zero-order valence-corrected chi connectivity index (χ0v) is 8.62. The van der Waals surface area contributed by atoms with Crippen molar-refractivity contribution in [2.24, 2.45) is 0 Å². The lowest BCUT2D eigenvalue weighted by Gasteiger charge is -1.98. The van der Waals surface area contributed by atoms with Crippen LogP contribution in [0.4, 0.5) is 0 Å². The van der Waals surface area contributed by atoms with E-state index in [1.54, 1.807) is 4.57 Å². The number of para-hydroxylation sites is 1. The summed E-state index contributed by atoms with van der Waals surface area (Å²) in [5.74, 6) is 0.969. The first-order chi connectivity index (χ1) is 6.74. The van der Waals surface area contributed by atoms with E-state index >= 15 is 0 Å². The SMILES string of the molecule is [CH]n1c(CCC)nc2c(C)cccc21. The molecule has 0 saturated carbocycles. The number of aromatic nitrogens is 2. The molecule has 0 amide bonds. The average molecular weight is 186 g/mol. The van der Waals surface area contributed by atoms with E-state index < -0.39 is 0 Å². The Morgan fingerprint density at radius 1 is 1.43 bits per heavy atom. The maximum absolute atomic E-state index is 5.95. The number of benzene rings is 1. The van der Waals surface area contributed by atoms with Gasteiger partial charge in [-0.2, -0.15) is 0 Å². The van der Waals surface area contributed by atoms with Gasteiger partial charge in [-0.3, -0.25) is 0 Å². The van der Waals surface area contributed by atoms with Gasteiger partial charge < -0.3 is 4.57 Å². The fourth-order valence-corrected chi connectivity index (χ4v) is 1.71. The molecule has 0 fully saturated rings. The topological polar surface area (TPSA) is 17.8 Å². The van der Waals surface area contributed by atoms with Crippen LogP contribution in [-0.4, -0.2) is 9.55 Å².